The number of carboxylic acid groups (broad SMARTS) is 1. The Morgan fingerprint density at radius 1 is 1.21 bits per heavy atom. The van der Waals surface area contributed by atoms with E-state index in [0.29, 0.717) is 18.3 Å². The molecule has 174 valence electrons. The van der Waals surface area contributed by atoms with Crippen molar-refractivity contribution in [2.24, 2.45) is 0 Å². The molecule has 2 N–H and O–H groups in total. The van der Waals surface area contributed by atoms with Gasteiger partial charge in [0.25, 0.3) is 0 Å². The number of hydrogen-bond donors (Lipinski definition) is 2. The van der Waals surface area contributed by atoms with E-state index in [4.69, 9.17) is 11.6 Å². The molecule has 2 aliphatic carbocycles. The van der Waals surface area contributed by atoms with Crippen LogP contribution in [0.2, 0.25) is 5.02 Å². The number of carboxylic acids is 1. The summed E-state index contributed by atoms with van der Waals surface area (Å²) in [7, 11) is 0. The summed E-state index contributed by atoms with van der Waals surface area (Å²) in [6.07, 6.45) is 6.10. The number of aromatic carboxylic acids is 1. The summed E-state index contributed by atoms with van der Waals surface area (Å²) < 4.78 is 0. The van der Waals surface area contributed by atoms with E-state index in [9.17, 15) is 14.7 Å². The third kappa shape index (κ3) is 4.76. The highest BCUT2D eigenvalue weighted by atomic mass is 35.5. The molecule has 0 spiro atoms. The third-order valence-electron chi connectivity index (χ3n) is 6.89. The van der Waals surface area contributed by atoms with Gasteiger partial charge in [0, 0.05) is 36.1 Å². The summed E-state index contributed by atoms with van der Waals surface area (Å²) in [5.41, 5.74) is 2.40. The lowest BCUT2D eigenvalue weighted by Crippen LogP contribution is -2.54. The van der Waals surface area contributed by atoms with Crippen molar-refractivity contribution in [1.29, 1.82) is 0 Å². The molecule has 1 saturated heterocycles. The van der Waals surface area contributed by atoms with Crippen molar-refractivity contribution in [3.05, 3.63) is 52.2 Å². The fourth-order valence-corrected chi connectivity index (χ4v) is 4.97. The number of carbonyl (C=O) groups excluding carboxylic acids is 1. The SMILES string of the molecule is Cc1cc([C@H]2C[C@@H]2NC(=O)N(C2CC2)[C@@H]2CCCN(c3cc(C(=O)O)cnn3)C2)ccc1Cl. The van der Waals surface area contributed by atoms with Gasteiger partial charge in [0.15, 0.2) is 5.82 Å². The molecule has 1 aromatic carbocycles. The van der Waals surface area contributed by atoms with Crippen LogP contribution in [0.1, 0.15) is 59.5 Å². The second-order valence-corrected chi connectivity index (χ2v) is 9.80. The first-order chi connectivity index (χ1) is 15.9. The molecule has 1 aromatic heterocycles. The minimum atomic E-state index is -1.02. The number of urea groups is 1. The fraction of sp³-hybridized carbons (Fsp3) is 0.500. The quantitative estimate of drug-likeness (QED) is 0.667. The molecule has 2 aromatic rings. The predicted molar refractivity (Wildman–Crippen MR) is 125 cm³/mol. The monoisotopic (exact) mass is 469 g/mol. The van der Waals surface area contributed by atoms with Crippen LogP contribution in [0.3, 0.4) is 0 Å². The largest absolute Gasteiger partial charge is 0.478 e. The number of amides is 2. The standard InChI is InChI=1S/C24H28ClN5O3/c1-14-9-15(4-7-20(14)25)19-11-21(19)27-24(33)30(17-5-6-17)18-3-2-8-29(13-18)22-10-16(23(31)32)12-26-28-22/h4,7,9-10,12,17-19,21H,2-3,5-6,8,11,13H2,1H3,(H,27,33)(H,31,32)/t18-,19-,21+/m1/s1. The summed E-state index contributed by atoms with van der Waals surface area (Å²) in [6, 6.07) is 8.16. The van der Waals surface area contributed by atoms with E-state index in [1.807, 2.05) is 22.8 Å². The van der Waals surface area contributed by atoms with Crippen LogP contribution in [-0.4, -0.2) is 63.4 Å². The Hall–Kier alpha value is -2.87. The van der Waals surface area contributed by atoms with Crippen molar-refractivity contribution in [3.63, 3.8) is 0 Å². The Bertz CT molecular complexity index is 1080. The zero-order chi connectivity index (χ0) is 23.1. The number of benzene rings is 1. The van der Waals surface area contributed by atoms with E-state index in [0.717, 1.165) is 49.2 Å². The molecule has 1 aliphatic heterocycles. The van der Waals surface area contributed by atoms with Gasteiger partial charge in [-0.1, -0.05) is 23.7 Å². The average molecular weight is 470 g/mol. The molecule has 9 heteroatoms. The van der Waals surface area contributed by atoms with Crippen molar-refractivity contribution in [2.45, 2.75) is 63.1 Å². The Labute approximate surface area is 197 Å². The number of hydrogen-bond acceptors (Lipinski definition) is 5. The number of halogens is 1. The van der Waals surface area contributed by atoms with E-state index in [1.165, 1.54) is 11.8 Å². The zero-order valence-electron chi connectivity index (χ0n) is 18.6. The topological polar surface area (TPSA) is 98.7 Å². The molecule has 3 aliphatic rings. The first-order valence-corrected chi connectivity index (χ1v) is 11.9. The summed E-state index contributed by atoms with van der Waals surface area (Å²) >= 11 is 6.16. The number of carbonyl (C=O) groups is 2. The van der Waals surface area contributed by atoms with Crippen LogP contribution in [0.25, 0.3) is 0 Å². The van der Waals surface area contributed by atoms with E-state index in [1.54, 1.807) is 6.07 Å². The summed E-state index contributed by atoms with van der Waals surface area (Å²) in [6.45, 7) is 3.41. The van der Waals surface area contributed by atoms with E-state index in [-0.39, 0.29) is 29.7 Å². The number of anilines is 1. The lowest BCUT2D eigenvalue weighted by atomic mass is 10.0. The van der Waals surface area contributed by atoms with Crippen LogP contribution < -0.4 is 10.2 Å². The van der Waals surface area contributed by atoms with E-state index in [2.05, 4.69) is 27.6 Å². The van der Waals surface area contributed by atoms with Crippen LogP contribution in [0.5, 0.6) is 0 Å². The summed E-state index contributed by atoms with van der Waals surface area (Å²) in [4.78, 5) is 28.7. The Morgan fingerprint density at radius 3 is 2.76 bits per heavy atom. The highest BCUT2D eigenvalue weighted by Crippen LogP contribution is 2.42. The second-order valence-electron chi connectivity index (χ2n) is 9.39. The molecule has 2 saturated carbocycles. The molecule has 0 bridgehead atoms. The van der Waals surface area contributed by atoms with Gasteiger partial charge in [0.1, 0.15) is 0 Å². The normalized spacial score (nSPS) is 24.3. The highest BCUT2D eigenvalue weighted by Gasteiger charge is 2.44. The Kier molecular flexibility index (Phi) is 5.86. The van der Waals surface area contributed by atoms with Gasteiger partial charge in [0.2, 0.25) is 0 Å². The molecule has 33 heavy (non-hydrogen) atoms. The van der Waals surface area contributed by atoms with Crippen LogP contribution in [0.15, 0.2) is 30.5 Å². The maximum absolute atomic E-state index is 13.3. The first kappa shape index (κ1) is 21.9. The van der Waals surface area contributed by atoms with Gasteiger partial charge in [-0.25, -0.2) is 9.59 Å². The van der Waals surface area contributed by atoms with Gasteiger partial charge in [-0.05, 0) is 62.3 Å². The fourth-order valence-electron chi connectivity index (χ4n) is 4.85. The zero-order valence-corrected chi connectivity index (χ0v) is 19.3. The van der Waals surface area contributed by atoms with Crippen molar-refractivity contribution in [3.8, 4) is 0 Å². The number of nitrogens with one attached hydrogen (secondary N) is 1. The third-order valence-corrected chi connectivity index (χ3v) is 7.31. The van der Waals surface area contributed by atoms with Crippen molar-refractivity contribution >= 4 is 29.4 Å². The molecule has 3 fully saturated rings. The van der Waals surface area contributed by atoms with Crippen molar-refractivity contribution < 1.29 is 14.7 Å². The molecule has 5 rings (SSSR count). The lowest BCUT2D eigenvalue weighted by molar-refractivity contribution is 0.0696. The predicted octanol–water partition coefficient (Wildman–Crippen LogP) is 3.84. The minimum Gasteiger partial charge on any atom is -0.478 e. The second kappa shape index (κ2) is 8.82. The Morgan fingerprint density at radius 2 is 2.03 bits per heavy atom. The molecule has 0 radical (unpaired) electrons. The molecule has 0 unspecified atom stereocenters. The first-order valence-electron chi connectivity index (χ1n) is 11.6. The van der Waals surface area contributed by atoms with Crippen LogP contribution >= 0.6 is 11.6 Å². The smallest absolute Gasteiger partial charge is 0.337 e. The number of nitrogens with zero attached hydrogens (tertiary/aromatic N) is 4. The van der Waals surface area contributed by atoms with Crippen LogP contribution in [0.4, 0.5) is 10.6 Å². The van der Waals surface area contributed by atoms with Gasteiger partial charge in [-0.2, -0.15) is 5.10 Å². The van der Waals surface area contributed by atoms with Crippen molar-refractivity contribution in [1.82, 2.24) is 20.4 Å². The number of aromatic nitrogens is 2. The van der Waals surface area contributed by atoms with E-state index < -0.39 is 5.97 Å². The van der Waals surface area contributed by atoms with Gasteiger partial charge in [0.05, 0.1) is 17.8 Å². The summed E-state index contributed by atoms with van der Waals surface area (Å²) in [5.74, 6) is -0.132. The highest BCUT2D eigenvalue weighted by molar-refractivity contribution is 6.31. The van der Waals surface area contributed by atoms with Gasteiger partial charge >= 0.3 is 12.0 Å². The molecular weight excluding hydrogens is 442 g/mol. The van der Waals surface area contributed by atoms with Crippen molar-refractivity contribution in [2.75, 3.05) is 18.0 Å². The van der Waals surface area contributed by atoms with Crippen LogP contribution in [0, 0.1) is 6.92 Å². The molecular formula is C24H28ClN5O3. The number of aryl methyl sites for hydroxylation is 1. The van der Waals surface area contributed by atoms with Crippen LogP contribution in [-0.2, 0) is 0 Å². The minimum absolute atomic E-state index is 0.00732. The lowest BCUT2D eigenvalue weighted by Gasteiger charge is -2.40. The van der Waals surface area contributed by atoms with Gasteiger partial charge in [-0.3, -0.25) is 0 Å². The number of rotatable bonds is 6. The summed E-state index contributed by atoms with van der Waals surface area (Å²) in [5, 5.41) is 21.3. The van der Waals surface area contributed by atoms with Gasteiger partial charge in [-0.15, -0.1) is 5.10 Å². The molecule has 2 heterocycles. The molecule has 8 nitrogen and oxygen atoms in total. The molecule has 3 atom stereocenters. The Balaban J connectivity index is 1.25. The maximum Gasteiger partial charge on any atom is 0.337 e. The number of piperidine rings is 1. The van der Waals surface area contributed by atoms with E-state index >= 15 is 0 Å². The van der Waals surface area contributed by atoms with Gasteiger partial charge < -0.3 is 20.2 Å². The average Bonchev–Trinajstić information content (AvgIpc) is 3.73. The molecule has 2 amide bonds. The maximum atomic E-state index is 13.3.